The molecule has 30 heavy (non-hydrogen) atoms. The lowest BCUT2D eigenvalue weighted by molar-refractivity contribution is 0.114. The van der Waals surface area contributed by atoms with Crippen molar-refractivity contribution < 1.29 is 13.2 Å². The molecule has 0 radical (unpaired) electrons. The molecule has 7 nitrogen and oxygen atoms in total. The lowest BCUT2D eigenvalue weighted by atomic mass is 10.1. The van der Waals surface area contributed by atoms with Gasteiger partial charge in [0.1, 0.15) is 6.07 Å². The van der Waals surface area contributed by atoms with E-state index in [2.05, 4.69) is 21.1 Å². The van der Waals surface area contributed by atoms with Crippen LogP contribution in [0, 0.1) is 11.3 Å². The van der Waals surface area contributed by atoms with Crippen molar-refractivity contribution in [3.63, 3.8) is 0 Å². The Hall–Kier alpha value is -2.99. The zero-order valence-electron chi connectivity index (χ0n) is 16.3. The van der Waals surface area contributed by atoms with E-state index in [1.165, 1.54) is 0 Å². The van der Waals surface area contributed by atoms with Crippen molar-refractivity contribution in [2.75, 3.05) is 18.5 Å². The number of ether oxygens (including phenoxy) is 1. The Morgan fingerprint density at radius 2 is 1.97 bits per heavy atom. The molecule has 8 heteroatoms. The fourth-order valence-electron chi connectivity index (χ4n) is 3.48. The van der Waals surface area contributed by atoms with Crippen molar-refractivity contribution in [3.05, 3.63) is 65.9 Å². The molecule has 4 rings (SSSR count). The number of pyridine rings is 1. The van der Waals surface area contributed by atoms with Crippen LogP contribution in [0.1, 0.15) is 24.0 Å². The third-order valence-electron chi connectivity index (χ3n) is 5.12. The molecule has 1 aliphatic heterocycles. The number of sulfonamides is 1. The van der Waals surface area contributed by atoms with Crippen molar-refractivity contribution in [2.24, 2.45) is 0 Å². The highest BCUT2D eigenvalue weighted by Crippen LogP contribution is 2.26. The largest absolute Gasteiger partial charge is 0.379 e. The van der Waals surface area contributed by atoms with Gasteiger partial charge in [0.2, 0.25) is 10.0 Å². The summed E-state index contributed by atoms with van der Waals surface area (Å²) in [7, 11) is -3.57. The fraction of sp³-hybridized carbons (Fsp3) is 0.273. The summed E-state index contributed by atoms with van der Waals surface area (Å²) < 4.78 is 33.1. The summed E-state index contributed by atoms with van der Waals surface area (Å²) >= 11 is 0. The standard InChI is InChI=1S/C22H22N4O3S/c23-12-17-14-24-21-6-2-1-5-20(21)22(17)25-13-16-7-9-19(10-8-16)30(27,28)26-15-18-4-3-11-29-18/h1-2,5-10,14,18,26H,3-4,11,13,15H2,(H,24,25). The minimum Gasteiger partial charge on any atom is -0.379 e. The maximum atomic E-state index is 12.5. The highest BCUT2D eigenvalue weighted by atomic mass is 32.2. The lowest BCUT2D eigenvalue weighted by Crippen LogP contribution is -2.31. The van der Waals surface area contributed by atoms with Crippen molar-refractivity contribution in [1.29, 1.82) is 5.26 Å². The van der Waals surface area contributed by atoms with Crippen LogP contribution in [-0.4, -0.2) is 32.7 Å². The molecule has 3 aromatic rings. The predicted molar refractivity (Wildman–Crippen MR) is 114 cm³/mol. The zero-order valence-corrected chi connectivity index (χ0v) is 17.2. The lowest BCUT2D eigenvalue weighted by Gasteiger charge is -2.13. The van der Waals surface area contributed by atoms with Gasteiger partial charge in [0.25, 0.3) is 0 Å². The molecular formula is C22H22N4O3S. The summed E-state index contributed by atoms with van der Waals surface area (Å²) in [5.41, 5.74) is 2.89. The average molecular weight is 423 g/mol. The Morgan fingerprint density at radius 1 is 1.17 bits per heavy atom. The molecule has 1 unspecified atom stereocenters. The summed E-state index contributed by atoms with van der Waals surface area (Å²) in [5, 5.41) is 13.6. The predicted octanol–water partition coefficient (Wildman–Crippen LogP) is 3.18. The van der Waals surface area contributed by atoms with Crippen LogP contribution in [0.5, 0.6) is 0 Å². The third-order valence-corrected chi connectivity index (χ3v) is 6.56. The van der Waals surface area contributed by atoms with Gasteiger partial charge in [0.15, 0.2) is 0 Å². The van der Waals surface area contributed by atoms with E-state index in [0.717, 1.165) is 35.0 Å². The number of nitrogens with zero attached hydrogens (tertiary/aromatic N) is 2. The van der Waals surface area contributed by atoms with Crippen LogP contribution in [0.3, 0.4) is 0 Å². The molecule has 0 bridgehead atoms. The smallest absolute Gasteiger partial charge is 0.240 e. The summed E-state index contributed by atoms with van der Waals surface area (Å²) in [6.07, 6.45) is 3.35. The van der Waals surface area contributed by atoms with Crippen LogP contribution in [0.2, 0.25) is 0 Å². The molecule has 0 aliphatic carbocycles. The second kappa shape index (κ2) is 8.79. The van der Waals surface area contributed by atoms with Gasteiger partial charge in [0.05, 0.1) is 27.8 Å². The molecule has 0 amide bonds. The first-order valence-corrected chi connectivity index (χ1v) is 11.3. The van der Waals surface area contributed by atoms with E-state index < -0.39 is 10.0 Å². The van der Waals surface area contributed by atoms with Crippen LogP contribution in [0.25, 0.3) is 10.9 Å². The molecule has 1 aliphatic rings. The number of hydrogen-bond donors (Lipinski definition) is 2. The molecular weight excluding hydrogens is 400 g/mol. The normalized spacial score (nSPS) is 16.4. The van der Waals surface area contributed by atoms with Gasteiger partial charge in [-0.2, -0.15) is 5.26 Å². The molecule has 1 atom stereocenters. The minimum atomic E-state index is -3.57. The van der Waals surface area contributed by atoms with E-state index in [0.29, 0.717) is 18.7 Å². The molecule has 1 saturated heterocycles. The first kappa shape index (κ1) is 20.3. The van der Waals surface area contributed by atoms with Crippen molar-refractivity contribution in [3.8, 4) is 6.07 Å². The molecule has 0 spiro atoms. The fourth-order valence-corrected chi connectivity index (χ4v) is 4.55. The van der Waals surface area contributed by atoms with E-state index in [-0.39, 0.29) is 17.5 Å². The topological polar surface area (TPSA) is 104 Å². The van der Waals surface area contributed by atoms with E-state index in [1.807, 2.05) is 24.3 Å². The van der Waals surface area contributed by atoms with Gasteiger partial charge in [0, 0.05) is 31.3 Å². The maximum Gasteiger partial charge on any atom is 0.240 e. The molecule has 154 valence electrons. The highest BCUT2D eigenvalue weighted by molar-refractivity contribution is 7.89. The first-order valence-electron chi connectivity index (χ1n) is 9.79. The highest BCUT2D eigenvalue weighted by Gasteiger charge is 2.20. The van der Waals surface area contributed by atoms with Gasteiger partial charge in [-0.15, -0.1) is 0 Å². The summed E-state index contributed by atoms with van der Waals surface area (Å²) in [6, 6.07) is 16.5. The summed E-state index contributed by atoms with van der Waals surface area (Å²) in [4.78, 5) is 4.53. The number of hydrogen-bond acceptors (Lipinski definition) is 6. The number of para-hydroxylation sites is 1. The van der Waals surface area contributed by atoms with Gasteiger partial charge in [-0.3, -0.25) is 4.98 Å². The molecule has 2 aromatic carbocycles. The van der Waals surface area contributed by atoms with Gasteiger partial charge >= 0.3 is 0 Å². The van der Waals surface area contributed by atoms with Gasteiger partial charge in [-0.25, -0.2) is 13.1 Å². The molecule has 0 saturated carbocycles. The Balaban J connectivity index is 1.45. The van der Waals surface area contributed by atoms with Gasteiger partial charge in [-0.1, -0.05) is 30.3 Å². The molecule has 1 fully saturated rings. The number of nitrogens with one attached hydrogen (secondary N) is 2. The van der Waals surface area contributed by atoms with Crippen molar-refractivity contribution in [1.82, 2.24) is 9.71 Å². The van der Waals surface area contributed by atoms with Crippen molar-refractivity contribution in [2.45, 2.75) is 30.4 Å². The third kappa shape index (κ3) is 4.44. The molecule has 1 aromatic heterocycles. The maximum absolute atomic E-state index is 12.5. The second-order valence-corrected chi connectivity index (χ2v) is 8.93. The monoisotopic (exact) mass is 422 g/mol. The van der Waals surface area contributed by atoms with Crippen LogP contribution in [0.4, 0.5) is 5.69 Å². The van der Waals surface area contributed by atoms with Crippen LogP contribution in [0.15, 0.2) is 59.6 Å². The number of aromatic nitrogens is 1. The minimum absolute atomic E-state index is 0.0484. The Bertz CT molecular complexity index is 1180. The number of benzene rings is 2. The van der Waals surface area contributed by atoms with Crippen LogP contribution < -0.4 is 10.0 Å². The van der Waals surface area contributed by atoms with Gasteiger partial charge < -0.3 is 10.1 Å². The van der Waals surface area contributed by atoms with Crippen molar-refractivity contribution >= 4 is 26.6 Å². The number of rotatable bonds is 7. The number of anilines is 1. The Kier molecular flexibility index (Phi) is 5.95. The van der Waals surface area contributed by atoms with E-state index in [1.54, 1.807) is 30.5 Å². The van der Waals surface area contributed by atoms with Crippen LogP contribution in [-0.2, 0) is 21.3 Å². The number of fused-ring (bicyclic) bond motifs is 1. The first-order chi connectivity index (χ1) is 14.6. The Labute approximate surface area is 175 Å². The van der Waals surface area contributed by atoms with E-state index in [9.17, 15) is 13.7 Å². The zero-order chi connectivity index (χ0) is 21.0. The number of nitriles is 1. The van der Waals surface area contributed by atoms with Gasteiger partial charge in [-0.05, 0) is 36.6 Å². The van der Waals surface area contributed by atoms with E-state index >= 15 is 0 Å². The average Bonchev–Trinajstić information content (AvgIpc) is 3.30. The Morgan fingerprint density at radius 3 is 2.70 bits per heavy atom. The molecule has 2 N–H and O–H groups in total. The quantitative estimate of drug-likeness (QED) is 0.606. The molecule has 2 heterocycles. The van der Waals surface area contributed by atoms with Crippen LogP contribution >= 0.6 is 0 Å². The van der Waals surface area contributed by atoms with E-state index in [4.69, 9.17) is 4.74 Å². The summed E-state index contributed by atoms with van der Waals surface area (Å²) in [5.74, 6) is 0. The SMILES string of the molecule is N#Cc1cnc2ccccc2c1NCc1ccc(S(=O)(=O)NCC2CCCO2)cc1. The second-order valence-electron chi connectivity index (χ2n) is 7.16. The summed E-state index contributed by atoms with van der Waals surface area (Å²) in [6.45, 7) is 1.43.